The number of terminal acetylenes is 2. The van der Waals surface area contributed by atoms with E-state index in [1.165, 1.54) is 0 Å². The molecule has 2 amide bonds. The van der Waals surface area contributed by atoms with Crippen molar-refractivity contribution in [1.29, 1.82) is 0 Å². The highest BCUT2D eigenvalue weighted by atomic mass is 16.2. The molecule has 218 valence electrons. The number of anilines is 2. The van der Waals surface area contributed by atoms with E-state index in [4.69, 9.17) is 22.8 Å². The van der Waals surface area contributed by atoms with Gasteiger partial charge < -0.3 is 9.80 Å². The molecule has 0 spiro atoms. The van der Waals surface area contributed by atoms with Gasteiger partial charge in [0, 0.05) is 22.3 Å². The summed E-state index contributed by atoms with van der Waals surface area (Å²) in [4.78, 5) is 40.2. The maximum Gasteiger partial charge on any atom is 0.277 e. The van der Waals surface area contributed by atoms with Crippen LogP contribution in [0.5, 0.6) is 0 Å². The molecule has 46 heavy (non-hydrogen) atoms. The number of fused-ring (bicyclic) bond motifs is 2. The lowest BCUT2D eigenvalue weighted by Gasteiger charge is -2.19. The molecule has 6 heteroatoms. The third-order valence-electron chi connectivity index (χ3n) is 8.01. The van der Waals surface area contributed by atoms with E-state index in [9.17, 15) is 9.59 Å². The number of nitrogens with zero attached hydrogens (tertiary/aromatic N) is 4. The van der Waals surface area contributed by atoms with Crippen LogP contribution >= 0.6 is 0 Å². The lowest BCUT2D eigenvalue weighted by atomic mass is 10.1. The van der Waals surface area contributed by atoms with Crippen molar-refractivity contribution < 1.29 is 9.59 Å². The summed E-state index contributed by atoms with van der Waals surface area (Å²) in [5.74, 6) is 4.89. The van der Waals surface area contributed by atoms with Crippen molar-refractivity contribution in [3.63, 3.8) is 0 Å². The number of amides is 2. The topological polar surface area (TPSA) is 65.3 Å². The van der Waals surface area contributed by atoms with Crippen LogP contribution in [-0.2, 0) is 22.7 Å². The number of benzene rings is 5. The van der Waals surface area contributed by atoms with Crippen LogP contribution in [0.2, 0.25) is 0 Å². The minimum absolute atomic E-state index is 0.171. The normalized spacial score (nSPS) is 15.2. The second-order valence-electron chi connectivity index (χ2n) is 10.9. The van der Waals surface area contributed by atoms with Crippen LogP contribution in [0.3, 0.4) is 0 Å². The Hall–Kier alpha value is -6.50. The molecule has 0 aromatic heterocycles. The molecule has 2 aliphatic rings. The van der Waals surface area contributed by atoms with Crippen molar-refractivity contribution in [2.45, 2.75) is 13.1 Å². The number of hydrogen-bond acceptors (Lipinski definition) is 4. The van der Waals surface area contributed by atoms with E-state index >= 15 is 0 Å². The summed E-state index contributed by atoms with van der Waals surface area (Å²) in [5.41, 5.74) is 8.52. The van der Waals surface area contributed by atoms with Gasteiger partial charge in [0.25, 0.3) is 11.8 Å². The fourth-order valence-electron chi connectivity index (χ4n) is 5.76. The molecule has 0 fully saturated rings. The molecule has 0 radical (unpaired) electrons. The predicted molar refractivity (Wildman–Crippen MR) is 183 cm³/mol. The summed E-state index contributed by atoms with van der Waals surface area (Å²) in [6.07, 6.45) is 11.1. The standard InChI is InChI=1S/C40H26N4O2/c1-3-27-11-9-13-31(23-27)41-37-33-15-5-7-17-35(33)43(39(37)45)25-29-19-21-30(22-20-29)26-44-36-18-8-6-16-34(36)38(40(44)46)42-32-14-10-12-28(4-2)24-32/h1-2,5-24H,25-26H2/b41-37-,42-38-. The zero-order valence-electron chi connectivity index (χ0n) is 24.7. The van der Waals surface area contributed by atoms with Gasteiger partial charge in [0.2, 0.25) is 0 Å². The van der Waals surface area contributed by atoms with Crippen LogP contribution in [0.15, 0.2) is 131 Å². The smallest absolute Gasteiger partial charge is 0.277 e. The molecule has 0 atom stereocenters. The van der Waals surface area contributed by atoms with E-state index in [1.54, 1.807) is 21.9 Å². The second-order valence-corrected chi connectivity index (χ2v) is 10.9. The molecule has 0 bridgehead atoms. The number of carbonyl (C=O) groups excluding carboxylic acids is 2. The van der Waals surface area contributed by atoms with Gasteiger partial charge in [-0.2, -0.15) is 0 Å². The molecule has 6 nitrogen and oxygen atoms in total. The van der Waals surface area contributed by atoms with E-state index in [0.29, 0.717) is 47.0 Å². The summed E-state index contributed by atoms with van der Waals surface area (Å²) in [5, 5.41) is 0. The number of para-hydroxylation sites is 2. The molecular weight excluding hydrogens is 568 g/mol. The SMILES string of the molecule is C#Cc1cccc(/N=C2\C(=O)N(Cc3ccc(CN4C(=O)/C(=N\c5cccc(C#C)c5)c5ccccc54)cc3)c3ccccc32)c1. The van der Waals surface area contributed by atoms with Crippen LogP contribution in [0, 0.1) is 24.7 Å². The lowest BCUT2D eigenvalue weighted by Crippen LogP contribution is -2.30. The first-order valence-electron chi connectivity index (χ1n) is 14.7. The van der Waals surface area contributed by atoms with E-state index < -0.39 is 0 Å². The van der Waals surface area contributed by atoms with Gasteiger partial charge in [0.15, 0.2) is 0 Å². The van der Waals surface area contributed by atoms with E-state index in [0.717, 1.165) is 33.6 Å². The van der Waals surface area contributed by atoms with Crippen LogP contribution < -0.4 is 9.80 Å². The second kappa shape index (κ2) is 11.9. The van der Waals surface area contributed by atoms with Gasteiger partial charge in [0.05, 0.1) is 35.8 Å². The number of rotatable bonds is 6. The zero-order valence-corrected chi connectivity index (χ0v) is 24.7. The van der Waals surface area contributed by atoms with Crippen molar-refractivity contribution >= 4 is 46.0 Å². The Morgan fingerprint density at radius 1 is 0.522 bits per heavy atom. The molecule has 0 saturated carbocycles. The average molecular weight is 595 g/mol. The van der Waals surface area contributed by atoms with E-state index in [-0.39, 0.29) is 11.8 Å². The number of carbonyl (C=O) groups is 2. The summed E-state index contributed by atoms with van der Waals surface area (Å²) in [7, 11) is 0. The van der Waals surface area contributed by atoms with Crippen LogP contribution in [0.4, 0.5) is 22.7 Å². The van der Waals surface area contributed by atoms with E-state index in [2.05, 4.69) is 11.8 Å². The van der Waals surface area contributed by atoms with Crippen molar-refractivity contribution in [2.24, 2.45) is 9.98 Å². The van der Waals surface area contributed by atoms with Gasteiger partial charge in [-0.1, -0.05) is 84.6 Å². The monoisotopic (exact) mass is 594 g/mol. The van der Waals surface area contributed by atoms with Gasteiger partial charge in [-0.05, 0) is 59.7 Å². The number of hydrogen-bond donors (Lipinski definition) is 0. The van der Waals surface area contributed by atoms with Crippen LogP contribution in [0.25, 0.3) is 0 Å². The van der Waals surface area contributed by atoms with Crippen molar-refractivity contribution in [2.75, 3.05) is 9.80 Å². The minimum atomic E-state index is -0.171. The average Bonchev–Trinajstić information content (AvgIpc) is 3.51. The Morgan fingerprint density at radius 3 is 1.35 bits per heavy atom. The van der Waals surface area contributed by atoms with Gasteiger partial charge >= 0.3 is 0 Å². The first-order chi connectivity index (χ1) is 22.5. The predicted octanol–water partition coefficient (Wildman–Crippen LogP) is 6.98. The molecule has 7 rings (SSSR count). The molecule has 2 heterocycles. The van der Waals surface area contributed by atoms with Gasteiger partial charge in [0.1, 0.15) is 11.4 Å². The molecule has 5 aromatic carbocycles. The molecular formula is C40H26N4O2. The third kappa shape index (κ3) is 5.26. The third-order valence-corrected chi connectivity index (χ3v) is 8.01. The summed E-state index contributed by atoms with van der Waals surface area (Å²) >= 11 is 0. The summed E-state index contributed by atoms with van der Waals surface area (Å²) in [6.45, 7) is 0.747. The number of aliphatic imine (C=N–C) groups is 2. The maximum absolute atomic E-state index is 13.7. The van der Waals surface area contributed by atoms with Gasteiger partial charge in [-0.15, -0.1) is 12.8 Å². The molecule has 0 N–H and O–H groups in total. The highest BCUT2D eigenvalue weighted by molar-refractivity contribution is 6.55. The van der Waals surface area contributed by atoms with Gasteiger partial charge in [-0.25, -0.2) is 9.98 Å². The van der Waals surface area contributed by atoms with Crippen molar-refractivity contribution in [3.05, 3.63) is 155 Å². The Balaban J connectivity index is 1.12. The maximum atomic E-state index is 13.7. The lowest BCUT2D eigenvalue weighted by molar-refractivity contribution is -0.113. The molecule has 0 aliphatic carbocycles. The Bertz CT molecular complexity index is 2020. The fraction of sp³-hybridized carbons (Fsp3) is 0.0500. The molecule has 2 aliphatic heterocycles. The zero-order chi connectivity index (χ0) is 31.6. The van der Waals surface area contributed by atoms with Gasteiger partial charge in [-0.3, -0.25) is 9.59 Å². The Labute approximate surface area is 267 Å². The highest BCUT2D eigenvalue weighted by Gasteiger charge is 2.35. The highest BCUT2D eigenvalue weighted by Crippen LogP contribution is 2.34. The molecule has 0 saturated heterocycles. The first kappa shape index (κ1) is 28.3. The van der Waals surface area contributed by atoms with Crippen LogP contribution in [0.1, 0.15) is 33.4 Å². The molecule has 5 aromatic rings. The molecule has 0 unspecified atom stereocenters. The fourth-order valence-corrected chi connectivity index (χ4v) is 5.76. The quantitative estimate of drug-likeness (QED) is 0.199. The summed E-state index contributed by atoms with van der Waals surface area (Å²) < 4.78 is 0. The van der Waals surface area contributed by atoms with E-state index in [1.807, 2.05) is 109 Å². The Morgan fingerprint density at radius 2 is 0.935 bits per heavy atom. The van der Waals surface area contributed by atoms with Crippen molar-refractivity contribution in [1.82, 2.24) is 0 Å². The van der Waals surface area contributed by atoms with Crippen molar-refractivity contribution in [3.8, 4) is 24.7 Å². The first-order valence-corrected chi connectivity index (χ1v) is 14.7. The van der Waals surface area contributed by atoms with Crippen LogP contribution in [-0.4, -0.2) is 23.2 Å². The Kier molecular flexibility index (Phi) is 7.31. The summed E-state index contributed by atoms with van der Waals surface area (Å²) in [6, 6.07) is 37.9. The minimum Gasteiger partial charge on any atom is -0.302 e. The largest absolute Gasteiger partial charge is 0.302 e.